The molecule has 3 heterocycles. The lowest BCUT2D eigenvalue weighted by Crippen LogP contribution is -2.20. The number of nitrogens with one attached hydrogen (secondary N) is 1. The number of aromatic nitrogens is 4. The molecule has 2 atom stereocenters. The molecule has 0 saturated carbocycles. The molecule has 8 nitrogen and oxygen atoms in total. The van der Waals surface area contributed by atoms with E-state index in [0.717, 1.165) is 57.6 Å². The van der Waals surface area contributed by atoms with Gasteiger partial charge in [0.15, 0.2) is 6.23 Å². The van der Waals surface area contributed by atoms with Gasteiger partial charge in [-0.2, -0.15) is 20.6 Å². The highest BCUT2D eigenvalue weighted by molar-refractivity contribution is 5.94. The Bertz CT molecular complexity index is 1350. The Morgan fingerprint density at radius 1 is 1.24 bits per heavy atom. The van der Waals surface area contributed by atoms with Gasteiger partial charge in [-0.3, -0.25) is 10.8 Å². The van der Waals surface area contributed by atoms with Crippen molar-refractivity contribution < 1.29 is 9.47 Å². The molecule has 5 rings (SSSR count). The Morgan fingerprint density at radius 3 is 2.88 bits per heavy atom. The van der Waals surface area contributed by atoms with Gasteiger partial charge in [0.05, 0.1) is 35.6 Å². The maximum absolute atomic E-state index is 9.58. The smallest absolute Gasteiger partial charge is 0.176 e. The molecule has 0 amide bonds. The molecule has 2 aromatic heterocycles. The van der Waals surface area contributed by atoms with Crippen molar-refractivity contribution in [1.29, 1.82) is 5.26 Å². The fourth-order valence-corrected chi connectivity index (χ4v) is 4.42. The molecule has 1 saturated heterocycles. The number of fused-ring (bicyclic) bond motifs is 1. The van der Waals surface area contributed by atoms with Crippen LogP contribution in [0, 0.1) is 25.2 Å². The zero-order valence-electron chi connectivity index (χ0n) is 18.5. The zero-order valence-corrected chi connectivity index (χ0v) is 18.5. The Labute approximate surface area is 191 Å². The topological polar surface area (TPSA) is 123 Å². The minimum atomic E-state index is -0.677. The number of H-pyrrole nitrogens is 1. The lowest BCUT2D eigenvalue weighted by atomic mass is 9.93. The molecule has 3 N–H and O–H groups in total. The van der Waals surface area contributed by atoms with Crippen LogP contribution >= 0.6 is 0 Å². The normalized spacial score (nSPS) is 16.6. The first-order valence-corrected chi connectivity index (χ1v) is 10.9. The van der Waals surface area contributed by atoms with Gasteiger partial charge in [-0.1, -0.05) is 0 Å². The van der Waals surface area contributed by atoms with Crippen LogP contribution in [0.5, 0.6) is 5.75 Å². The van der Waals surface area contributed by atoms with Crippen molar-refractivity contribution in [3.05, 3.63) is 70.5 Å². The Morgan fingerprint density at radius 2 is 2.12 bits per heavy atom. The third-order valence-corrected chi connectivity index (χ3v) is 6.11. The molecule has 0 spiro atoms. The molecule has 1 aliphatic heterocycles. The van der Waals surface area contributed by atoms with E-state index in [1.807, 2.05) is 44.2 Å². The van der Waals surface area contributed by atoms with E-state index in [2.05, 4.69) is 32.5 Å². The van der Waals surface area contributed by atoms with Crippen molar-refractivity contribution in [2.45, 2.75) is 32.4 Å². The fourth-order valence-electron chi connectivity index (χ4n) is 4.42. The quantitative estimate of drug-likeness (QED) is 0.449. The second-order valence-electron chi connectivity index (χ2n) is 8.36. The monoisotopic (exact) mass is 440 g/mol. The van der Waals surface area contributed by atoms with E-state index in [1.54, 1.807) is 6.20 Å². The van der Waals surface area contributed by atoms with E-state index in [0.29, 0.717) is 23.8 Å². The largest absolute Gasteiger partial charge is 0.471 e. The van der Waals surface area contributed by atoms with Crippen molar-refractivity contribution in [3.8, 4) is 23.1 Å². The molecule has 2 aromatic carbocycles. The van der Waals surface area contributed by atoms with Gasteiger partial charge in [0.25, 0.3) is 0 Å². The lowest BCUT2D eigenvalue weighted by Gasteiger charge is -2.18. The van der Waals surface area contributed by atoms with Crippen molar-refractivity contribution in [3.63, 3.8) is 0 Å². The maximum Gasteiger partial charge on any atom is 0.176 e. The van der Waals surface area contributed by atoms with Crippen LogP contribution in [0.1, 0.15) is 46.5 Å². The third-order valence-electron chi connectivity index (χ3n) is 6.11. The molecule has 0 bridgehead atoms. The van der Waals surface area contributed by atoms with Crippen LogP contribution in [-0.2, 0) is 4.74 Å². The number of nitrogens with two attached hydrogens (primary N) is 1. The first-order chi connectivity index (χ1) is 16.0. The highest BCUT2D eigenvalue weighted by Gasteiger charge is 2.21. The minimum Gasteiger partial charge on any atom is -0.471 e. The highest BCUT2D eigenvalue weighted by Crippen LogP contribution is 2.34. The number of nitriles is 1. The fraction of sp³-hybridized carbons (Fsp3) is 0.280. The van der Waals surface area contributed by atoms with Crippen LogP contribution in [0.25, 0.3) is 22.2 Å². The van der Waals surface area contributed by atoms with E-state index in [9.17, 15) is 5.26 Å². The van der Waals surface area contributed by atoms with Gasteiger partial charge in [0.1, 0.15) is 11.4 Å². The number of hydrogen-bond donors (Lipinski definition) is 2. The summed E-state index contributed by atoms with van der Waals surface area (Å²) in [5, 5.41) is 26.2. The summed E-state index contributed by atoms with van der Waals surface area (Å²) >= 11 is 0. The number of nitrogens with zero attached hydrogens (tertiary/aromatic N) is 4. The van der Waals surface area contributed by atoms with Gasteiger partial charge in [0.2, 0.25) is 0 Å². The number of aromatic amines is 1. The molecule has 1 unspecified atom stereocenters. The Hall–Kier alpha value is -3.80. The first kappa shape index (κ1) is 21.1. The number of benzene rings is 2. The van der Waals surface area contributed by atoms with Crippen molar-refractivity contribution >= 4 is 10.9 Å². The van der Waals surface area contributed by atoms with E-state index < -0.39 is 6.23 Å². The molecule has 4 aromatic rings. The van der Waals surface area contributed by atoms with Crippen LogP contribution in [0.15, 0.2) is 42.6 Å². The second-order valence-corrected chi connectivity index (χ2v) is 8.36. The summed E-state index contributed by atoms with van der Waals surface area (Å²) in [6, 6.07) is 13.9. The summed E-state index contributed by atoms with van der Waals surface area (Å²) in [6.07, 6.45) is 1.95. The molecule has 8 heteroatoms. The first-order valence-electron chi connectivity index (χ1n) is 10.9. The van der Waals surface area contributed by atoms with Crippen LogP contribution in [-0.4, -0.2) is 33.6 Å². The van der Waals surface area contributed by atoms with Gasteiger partial charge in [0, 0.05) is 29.0 Å². The molecule has 1 fully saturated rings. The van der Waals surface area contributed by atoms with E-state index >= 15 is 0 Å². The summed E-state index contributed by atoms with van der Waals surface area (Å²) in [6.45, 7) is 5.22. The van der Waals surface area contributed by atoms with Crippen LogP contribution < -0.4 is 10.5 Å². The lowest BCUT2D eigenvalue weighted by molar-refractivity contribution is 0.194. The molecular weight excluding hydrogens is 416 g/mol. The summed E-state index contributed by atoms with van der Waals surface area (Å²) in [4.78, 5) is 0. The van der Waals surface area contributed by atoms with Crippen molar-refractivity contribution in [2.75, 3.05) is 13.2 Å². The van der Waals surface area contributed by atoms with Gasteiger partial charge < -0.3 is 9.47 Å². The molecule has 1 aliphatic rings. The Kier molecular flexibility index (Phi) is 5.50. The average molecular weight is 441 g/mol. The summed E-state index contributed by atoms with van der Waals surface area (Å²) in [5.74, 6) is 0.911. The van der Waals surface area contributed by atoms with Crippen molar-refractivity contribution in [2.24, 2.45) is 5.73 Å². The molecule has 0 radical (unpaired) electrons. The Balaban J connectivity index is 1.52. The predicted molar refractivity (Wildman–Crippen MR) is 123 cm³/mol. The number of ether oxygens (including phenoxy) is 2. The molecule has 0 aliphatic carbocycles. The standard InChI is InChI=1S/C25H24N6O2/c1-14-12-28-29-15(2)23(14)25(27)33-20-3-4-22-21(10-20)24(31-30-22)19-8-16(11-26)7-18(9-19)17-5-6-32-13-17/h3-4,7-10,12,17,25H,5-6,13,27H2,1-2H3,(H,30,31)/t17?,25-/m0/s1. The van der Waals surface area contributed by atoms with Crippen LogP contribution in [0.2, 0.25) is 0 Å². The average Bonchev–Trinajstić information content (AvgIpc) is 3.49. The van der Waals surface area contributed by atoms with Gasteiger partial charge in [-0.05, 0) is 67.8 Å². The number of hydrogen-bond acceptors (Lipinski definition) is 7. The summed E-state index contributed by atoms with van der Waals surface area (Å²) in [7, 11) is 0. The molecule has 166 valence electrons. The van der Waals surface area contributed by atoms with E-state index in [4.69, 9.17) is 15.2 Å². The predicted octanol–water partition coefficient (Wildman–Crippen LogP) is 4.05. The van der Waals surface area contributed by atoms with Crippen LogP contribution in [0.3, 0.4) is 0 Å². The molecule has 33 heavy (non-hydrogen) atoms. The van der Waals surface area contributed by atoms with Crippen molar-refractivity contribution in [1.82, 2.24) is 20.4 Å². The number of rotatable bonds is 5. The minimum absolute atomic E-state index is 0.291. The summed E-state index contributed by atoms with van der Waals surface area (Å²) < 4.78 is 11.6. The second kappa shape index (κ2) is 8.62. The number of aryl methyl sites for hydroxylation is 2. The SMILES string of the molecule is Cc1cnnc(C)c1[C@@H](N)Oc1ccc2[nH]nc(-c3cc(C#N)cc(C4CCOC4)c3)c2c1. The van der Waals surface area contributed by atoms with Crippen LogP contribution in [0.4, 0.5) is 0 Å². The third kappa shape index (κ3) is 4.04. The highest BCUT2D eigenvalue weighted by atomic mass is 16.5. The van der Waals surface area contributed by atoms with Gasteiger partial charge >= 0.3 is 0 Å². The van der Waals surface area contributed by atoms with Gasteiger partial charge in [-0.25, -0.2) is 0 Å². The maximum atomic E-state index is 9.58. The van der Waals surface area contributed by atoms with E-state index in [1.165, 1.54) is 0 Å². The molecular formula is C25H24N6O2. The summed E-state index contributed by atoms with van der Waals surface area (Å²) in [5.41, 5.74) is 13.1. The zero-order chi connectivity index (χ0) is 22.9. The van der Waals surface area contributed by atoms with E-state index in [-0.39, 0.29) is 0 Å². The van der Waals surface area contributed by atoms with Gasteiger partial charge in [-0.15, -0.1) is 0 Å².